The third-order valence-electron chi connectivity index (χ3n) is 5.86. The molecular formula is C16H28N2O. The van der Waals surface area contributed by atoms with Gasteiger partial charge in [-0.15, -0.1) is 0 Å². The van der Waals surface area contributed by atoms with Gasteiger partial charge in [0.15, 0.2) is 0 Å². The minimum Gasteiger partial charge on any atom is -0.342 e. The van der Waals surface area contributed by atoms with Crippen molar-refractivity contribution in [1.82, 2.24) is 4.90 Å². The number of hydrogen-bond acceptors (Lipinski definition) is 2. The number of carbonyl (C=O) groups is 1. The predicted octanol–water partition coefficient (Wildman–Crippen LogP) is 2.40. The van der Waals surface area contributed by atoms with E-state index in [2.05, 4.69) is 11.9 Å². The highest BCUT2D eigenvalue weighted by atomic mass is 16.2. The smallest absolute Gasteiger partial charge is 0.222 e. The van der Waals surface area contributed by atoms with Crippen LogP contribution in [0.25, 0.3) is 0 Å². The van der Waals surface area contributed by atoms with E-state index in [-0.39, 0.29) is 0 Å². The minimum absolute atomic E-state index is 0.353. The Morgan fingerprint density at radius 1 is 1.05 bits per heavy atom. The molecule has 19 heavy (non-hydrogen) atoms. The molecule has 0 aromatic carbocycles. The van der Waals surface area contributed by atoms with E-state index in [0.29, 0.717) is 24.9 Å². The van der Waals surface area contributed by atoms with Gasteiger partial charge in [0.1, 0.15) is 0 Å². The van der Waals surface area contributed by atoms with Gasteiger partial charge in [-0.1, -0.05) is 0 Å². The molecule has 108 valence electrons. The average molecular weight is 264 g/mol. The highest BCUT2D eigenvalue weighted by molar-refractivity contribution is 5.76. The summed E-state index contributed by atoms with van der Waals surface area (Å²) in [6, 6.07) is 0.554. The van der Waals surface area contributed by atoms with Crippen molar-refractivity contribution in [3.8, 4) is 0 Å². The van der Waals surface area contributed by atoms with Crippen LogP contribution in [0.15, 0.2) is 0 Å². The van der Waals surface area contributed by atoms with Gasteiger partial charge in [0, 0.05) is 19.5 Å². The number of rotatable bonds is 5. The first kappa shape index (κ1) is 13.4. The number of unbranched alkanes of at least 4 members (excludes halogenated alkanes) is 1. The summed E-state index contributed by atoms with van der Waals surface area (Å²) in [5, 5.41) is 0. The highest BCUT2D eigenvalue weighted by Crippen LogP contribution is 2.54. The van der Waals surface area contributed by atoms with Crippen molar-refractivity contribution in [2.45, 2.75) is 57.4 Å². The second-order valence-electron chi connectivity index (χ2n) is 7.17. The fourth-order valence-electron chi connectivity index (χ4n) is 5.29. The van der Waals surface area contributed by atoms with Gasteiger partial charge in [0.2, 0.25) is 5.91 Å². The average Bonchev–Trinajstić information content (AvgIpc) is 2.37. The number of nitrogens with zero attached hydrogens (tertiary/aromatic N) is 1. The van der Waals surface area contributed by atoms with Gasteiger partial charge in [0.05, 0.1) is 0 Å². The molecule has 4 aliphatic rings. The molecule has 4 aliphatic carbocycles. The monoisotopic (exact) mass is 264 g/mol. The molecule has 0 unspecified atom stereocenters. The highest BCUT2D eigenvalue weighted by Gasteiger charge is 2.50. The molecule has 0 aliphatic heterocycles. The van der Waals surface area contributed by atoms with Crippen LogP contribution in [0.1, 0.15) is 51.4 Å². The Balaban J connectivity index is 1.60. The maximum Gasteiger partial charge on any atom is 0.222 e. The van der Waals surface area contributed by atoms with Crippen LogP contribution in [0.4, 0.5) is 0 Å². The Hall–Kier alpha value is -0.570. The lowest BCUT2D eigenvalue weighted by Gasteiger charge is -2.56. The van der Waals surface area contributed by atoms with E-state index < -0.39 is 0 Å². The molecule has 4 rings (SSSR count). The molecular weight excluding hydrogens is 236 g/mol. The molecule has 0 spiro atoms. The second-order valence-corrected chi connectivity index (χ2v) is 7.17. The maximum absolute atomic E-state index is 12.3. The second kappa shape index (κ2) is 5.43. The first-order chi connectivity index (χ1) is 9.19. The summed E-state index contributed by atoms with van der Waals surface area (Å²) in [6.07, 6.45) is 9.64. The molecule has 4 saturated carbocycles. The Morgan fingerprint density at radius 3 is 2.16 bits per heavy atom. The summed E-state index contributed by atoms with van der Waals surface area (Å²) in [4.78, 5) is 14.4. The van der Waals surface area contributed by atoms with E-state index in [1.807, 2.05) is 0 Å². The van der Waals surface area contributed by atoms with Crippen molar-refractivity contribution in [1.29, 1.82) is 0 Å². The van der Waals surface area contributed by atoms with Crippen LogP contribution < -0.4 is 5.73 Å². The quantitative estimate of drug-likeness (QED) is 0.775. The van der Waals surface area contributed by atoms with Gasteiger partial charge in [-0.25, -0.2) is 0 Å². The first-order valence-electron chi connectivity index (χ1n) is 8.14. The Bertz CT molecular complexity index is 314. The summed E-state index contributed by atoms with van der Waals surface area (Å²) >= 11 is 0. The van der Waals surface area contributed by atoms with Gasteiger partial charge in [-0.3, -0.25) is 4.79 Å². The molecule has 0 radical (unpaired) electrons. The zero-order valence-electron chi connectivity index (χ0n) is 12.2. The van der Waals surface area contributed by atoms with E-state index in [4.69, 9.17) is 5.73 Å². The topological polar surface area (TPSA) is 46.3 Å². The normalized spacial score (nSPS) is 39.6. The molecule has 0 atom stereocenters. The number of carbonyl (C=O) groups excluding carboxylic acids is 1. The summed E-state index contributed by atoms with van der Waals surface area (Å²) in [7, 11) is 2.05. The number of hydrogen-bond donors (Lipinski definition) is 1. The summed E-state index contributed by atoms with van der Waals surface area (Å²) in [6.45, 7) is 0.703. The van der Waals surface area contributed by atoms with Crippen molar-refractivity contribution >= 4 is 5.91 Å². The summed E-state index contributed by atoms with van der Waals surface area (Å²) < 4.78 is 0. The molecule has 3 heteroatoms. The van der Waals surface area contributed by atoms with Gasteiger partial charge < -0.3 is 10.6 Å². The van der Waals surface area contributed by atoms with Crippen LogP contribution in [-0.4, -0.2) is 30.4 Å². The molecule has 2 N–H and O–H groups in total. The van der Waals surface area contributed by atoms with Crippen molar-refractivity contribution in [3.63, 3.8) is 0 Å². The van der Waals surface area contributed by atoms with Crippen LogP contribution in [0.2, 0.25) is 0 Å². The fourth-order valence-corrected chi connectivity index (χ4v) is 5.29. The molecule has 1 amide bonds. The molecule has 4 bridgehead atoms. The standard InChI is InChI=1S/C16H28N2O/c1-18(15(19)4-2-3-5-17)16-13-7-11-6-12(9-13)10-14(16)8-11/h11-14,16H,2-10,17H2,1H3. The Morgan fingerprint density at radius 2 is 1.63 bits per heavy atom. The van der Waals surface area contributed by atoms with E-state index in [0.717, 1.165) is 36.5 Å². The molecule has 3 nitrogen and oxygen atoms in total. The number of amides is 1. The van der Waals surface area contributed by atoms with E-state index in [9.17, 15) is 4.79 Å². The SMILES string of the molecule is CN(C(=O)CCCCN)C1C2CC3CC(C2)CC1C3. The lowest BCUT2D eigenvalue weighted by Crippen LogP contribution is -2.56. The van der Waals surface area contributed by atoms with E-state index in [1.165, 1.54) is 32.1 Å². The zero-order valence-corrected chi connectivity index (χ0v) is 12.2. The maximum atomic E-state index is 12.3. The third-order valence-corrected chi connectivity index (χ3v) is 5.86. The van der Waals surface area contributed by atoms with E-state index in [1.54, 1.807) is 0 Å². The van der Waals surface area contributed by atoms with Crippen molar-refractivity contribution in [2.24, 2.45) is 29.4 Å². The Kier molecular flexibility index (Phi) is 3.84. The van der Waals surface area contributed by atoms with Crippen LogP contribution in [0.5, 0.6) is 0 Å². The first-order valence-corrected chi connectivity index (χ1v) is 8.14. The largest absolute Gasteiger partial charge is 0.342 e. The lowest BCUT2D eigenvalue weighted by molar-refractivity contribution is -0.141. The zero-order chi connectivity index (χ0) is 13.4. The van der Waals surface area contributed by atoms with Gasteiger partial charge in [0.25, 0.3) is 0 Å². The van der Waals surface area contributed by atoms with Crippen LogP contribution in [0.3, 0.4) is 0 Å². The van der Waals surface area contributed by atoms with Gasteiger partial charge in [-0.2, -0.15) is 0 Å². The van der Waals surface area contributed by atoms with Crippen molar-refractivity contribution in [2.75, 3.05) is 13.6 Å². The minimum atomic E-state index is 0.353. The van der Waals surface area contributed by atoms with E-state index >= 15 is 0 Å². The van der Waals surface area contributed by atoms with Crippen molar-refractivity contribution < 1.29 is 4.79 Å². The van der Waals surface area contributed by atoms with Crippen LogP contribution in [0, 0.1) is 23.7 Å². The molecule has 0 heterocycles. The molecule has 0 aromatic heterocycles. The lowest BCUT2D eigenvalue weighted by atomic mass is 9.54. The molecule has 0 saturated heterocycles. The van der Waals surface area contributed by atoms with Crippen LogP contribution in [-0.2, 0) is 4.79 Å². The summed E-state index contributed by atoms with van der Waals surface area (Å²) in [5.74, 6) is 3.93. The van der Waals surface area contributed by atoms with Gasteiger partial charge >= 0.3 is 0 Å². The van der Waals surface area contributed by atoms with Crippen LogP contribution >= 0.6 is 0 Å². The Labute approximate surface area is 116 Å². The molecule has 4 fully saturated rings. The summed E-state index contributed by atoms with van der Waals surface area (Å²) in [5.41, 5.74) is 5.50. The van der Waals surface area contributed by atoms with Gasteiger partial charge in [-0.05, 0) is 75.2 Å². The van der Waals surface area contributed by atoms with Crippen molar-refractivity contribution in [3.05, 3.63) is 0 Å². The fraction of sp³-hybridized carbons (Fsp3) is 0.938. The molecule has 0 aromatic rings. The number of nitrogens with two attached hydrogens (primary N) is 1. The third kappa shape index (κ3) is 2.54. The predicted molar refractivity (Wildman–Crippen MR) is 76.5 cm³/mol.